The molecular formula is C66H68F9N9O7S3. The van der Waals surface area contributed by atoms with E-state index in [4.69, 9.17) is 16.6 Å². The number of nitrogens with one attached hydrogen (secondary N) is 3. The van der Waals surface area contributed by atoms with E-state index in [-0.39, 0.29) is 48.1 Å². The van der Waals surface area contributed by atoms with E-state index in [0.29, 0.717) is 52.9 Å². The topological polar surface area (TPSA) is 229 Å². The van der Waals surface area contributed by atoms with Gasteiger partial charge in [-0.15, -0.1) is 35.3 Å². The van der Waals surface area contributed by atoms with Crippen LogP contribution in [0.5, 0.6) is 0 Å². The average molecular weight is 1370 g/mol. The fourth-order valence-corrected chi connectivity index (χ4v) is 12.5. The van der Waals surface area contributed by atoms with Crippen molar-refractivity contribution >= 4 is 120 Å². The van der Waals surface area contributed by atoms with Gasteiger partial charge in [-0.3, -0.25) is 24.0 Å². The van der Waals surface area contributed by atoms with Crippen LogP contribution in [-0.2, 0) is 38.2 Å². The van der Waals surface area contributed by atoms with Gasteiger partial charge in [-0.2, -0.15) is 39.5 Å². The summed E-state index contributed by atoms with van der Waals surface area (Å²) >= 11 is 4.49. The van der Waals surface area contributed by atoms with Crippen LogP contribution in [0.1, 0.15) is 89.7 Å². The first-order valence-electron chi connectivity index (χ1n) is 29.1. The molecule has 0 spiro atoms. The van der Waals surface area contributed by atoms with Crippen LogP contribution >= 0.6 is 35.3 Å². The van der Waals surface area contributed by atoms with Crippen LogP contribution in [0.25, 0.3) is 32.3 Å². The number of nitrogens with two attached hydrogens (primary N) is 2. The number of carboxylic acids is 1. The number of alkyl halides is 9. The first kappa shape index (κ1) is 74.0. The Labute approximate surface area is 546 Å². The summed E-state index contributed by atoms with van der Waals surface area (Å²) in [6.07, 6.45) is -14.1. The molecular weight excluding hydrogens is 1300 g/mol. The molecule has 9 rings (SSSR count). The normalized spacial score (nSPS) is 11.4. The molecule has 28 heteroatoms. The molecule has 0 saturated carbocycles. The molecule has 2 amide bonds. The minimum Gasteiger partial charge on any atom is -0.478 e. The Morgan fingerprint density at radius 2 is 0.809 bits per heavy atom. The second-order valence-electron chi connectivity index (χ2n) is 20.2. The maximum Gasteiger partial charge on any atom is 0.431 e. The van der Waals surface area contributed by atoms with Crippen molar-refractivity contribution in [1.29, 1.82) is 0 Å². The lowest BCUT2D eigenvalue weighted by molar-refractivity contribution is -0.144. The van der Waals surface area contributed by atoms with Gasteiger partial charge in [-0.05, 0) is 125 Å². The average Bonchev–Trinajstić information content (AvgIpc) is 0.781. The van der Waals surface area contributed by atoms with Crippen LogP contribution in [-0.4, -0.2) is 75.0 Å². The van der Waals surface area contributed by atoms with Gasteiger partial charge in [-0.1, -0.05) is 93.6 Å². The number of aromatic carboxylic acids is 1. The number of nitrogen functional groups attached to an aromatic ring is 2. The largest absolute Gasteiger partial charge is 0.478 e. The highest BCUT2D eigenvalue weighted by molar-refractivity contribution is 7.99. The Bertz CT molecular complexity index is 4460. The van der Waals surface area contributed by atoms with E-state index in [1.54, 1.807) is 30.0 Å². The molecule has 0 atom stereocenters. The number of pyridine rings is 3. The second-order valence-corrected chi connectivity index (χ2v) is 24.1. The highest BCUT2D eigenvalue weighted by Gasteiger charge is 2.38. The van der Waals surface area contributed by atoms with Crippen molar-refractivity contribution in [2.75, 3.05) is 70.7 Å². The lowest BCUT2D eigenvalue weighted by Crippen LogP contribution is -2.37. The van der Waals surface area contributed by atoms with E-state index < -0.39 is 75.8 Å². The molecule has 0 fully saturated rings. The Kier molecular flexibility index (Phi) is 25.0. The van der Waals surface area contributed by atoms with Gasteiger partial charge in [0.1, 0.15) is 34.1 Å². The monoisotopic (exact) mass is 1370 g/mol. The SMILES string of the molecule is CCSc1cc2ccccc2cc1C(=O)N(C)c1c(N)cc(C(F)(F)F)n(CC)c1=O.CCSc1cc2ccccc2cc1C(=O)Nc1cc(C(F)(F)F)n(CC)c(=O)c1NC.CCSc1cc2ccccc2cc1C(=O)O.CCn1c(C(F)(F)F)cc(N)c(NC)c1=O. The van der Waals surface area contributed by atoms with E-state index in [1.807, 2.05) is 112 Å². The van der Waals surface area contributed by atoms with E-state index in [9.17, 15) is 68.3 Å². The third kappa shape index (κ3) is 17.0. The first-order chi connectivity index (χ1) is 44.3. The van der Waals surface area contributed by atoms with Crippen molar-refractivity contribution in [3.63, 3.8) is 0 Å². The minimum atomic E-state index is -4.74. The molecule has 0 saturated heterocycles. The molecule has 8 N–H and O–H groups in total. The third-order valence-electron chi connectivity index (χ3n) is 14.3. The number of carbonyl (C=O) groups excluding carboxylic acids is 2. The number of amides is 2. The number of hydrogen-bond donors (Lipinski definition) is 6. The molecule has 6 aromatic carbocycles. The molecule has 0 unspecified atom stereocenters. The predicted molar refractivity (Wildman–Crippen MR) is 361 cm³/mol. The zero-order valence-electron chi connectivity index (χ0n) is 52.3. The number of nitrogens with zero attached hydrogens (tertiary/aromatic N) is 4. The van der Waals surface area contributed by atoms with E-state index >= 15 is 0 Å². The summed E-state index contributed by atoms with van der Waals surface area (Å²) in [5.74, 6) is 0.339. The molecule has 0 radical (unpaired) electrons. The third-order valence-corrected chi connectivity index (χ3v) is 17.1. The Balaban J connectivity index is 0.000000208. The number of aromatic nitrogens is 3. The lowest BCUT2D eigenvalue weighted by atomic mass is 10.1. The zero-order chi connectivity index (χ0) is 69.7. The number of halogens is 9. The molecule has 0 aliphatic rings. The number of carbonyl (C=O) groups is 3. The summed E-state index contributed by atoms with van der Waals surface area (Å²) in [5, 5.41) is 22.4. The summed E-state index contributed by atoms with van der Waals surface area (Å²) in [5.41, 5.74) is 5.21. The smallest absolute Gasteiger partial charge is 0.431 e. The summed E-state index contributed by atoms with van der Waals surface area (Å²) in [6, 6.07) is 36.0. The number of carboxylic acid groups (broad SMARTS) is 1. The van der Waals surface area contributed by atoms with Crippen molar-refractivity contribution in [3.8, 4) is 0 Å². The van der Waals surface area contributed by atoms with Gasteiger partial charge in [0, 0.05) is 55.5 Å². The van der Waals surface area contributed by atoms with Crippen molar-refractivity contribution in [2.45, 2.75) is 94.4 Å². The quantitative estimate of drug-likeness (QED) is 0.0391. The Hall–Kier alpha value is -9.02. The van der Waals surface area contributed by atoms with Gasteiger partial charge >= 0.3 is 24.5 Å². The van der Waals surface area contributed by atoms with Gasteiger partial charge < -0.3 is 51.1 Å². The Morgan fingerprint density at radius 3 is 1.18 bits per heavy atom. The fourth-order valence-electron chi connectivity index (χ4n) is 10.0. The highest BCUT2D eigenvalue weighted by Crippen LogP contribution is 2.37. The second kappa shape index (κ2) is 31.7. The summed E-state index contributed by atoms with van der Waals surface area (Å²) in [6.45, 7) is 9.83. The van der Waals surface area contributed by atoms with Crippen molar-refractivity contribution in [2.24, 2.45) is 0 Å². The van der Waals surface area contributed by atoms with Crippen LogP contribution in [0.15, 0.2) is 156 Å². The van der Waals surface area contributed by atoms with Crippen molar-refractivity contribution < 1.29 is 59.0 Å². The maximum atomic E-state index is 13.5. The first-order valence-corrected chi connectivity index (χ1v) is 32.0. The molecule has 500 valence electrons. The number of hydrogen-bond acceptors (Lipinski definition) is 13. The van der Waals surface area contributed by atoms with Gasteiger partial charge in [0.2, 0.25) is 0 Å². The minimum absolute atomic E-state index is 0.0187. The molecule has 0 aliphatic carbocycles. The number of fused-ring (bicyclic) bond motifs is 3. The Morgan fingerprint density at radius 1 is 0.479 bits per heavy atom. The molecule has 0 bridgehead atoms. The lowest BCUT2D eigenvalue weighted by Gasteiger charge is -2.23. The van der Waals surface area contributed by atoms with Gasteiger partial charge in [0.25, 0.3) is 28.5 Å². The molecule has 16 nitrogen and oxygen atoms in total. The molecule has 3 aromatic heterocycles. The molecule has 3 heterocycles. The van der Waals surface area contributed by atoms with Gasteiger partial charge in [0.05, 0.1) is 33.8 Å². The maximum absolute atomic E-state index is 13.5. The van der Waals surface area contributed by atoms with E-state index in [0.717, 1.165) is 64.9 Å². The van der Waals surface area contributed by atoms with Gasteiger partial charge in [0.15, 0.2) is 0 Å². The molecule has 94 heavy (non-hydrogen) atoms. The highest BCUT2D eigenvalue weighted by atomic mass is 32.2. The number of rotatable bonds is 16. The number of thioether (sulfide) groups is 3. The van der Waals surface area contributed by atoms with Gasteiger partial charge in [-0.25, -0.2) is 4.79 Å². The number of anilines is 6. The summed E-state index contributed by atoms with van der Waals surface area (Å²) in [7, 11) is 4.20. The summed E-state index contributed by atoms with van der Waals surface area (Å²) in [4.78, 5) is 78.0. The van der Waals surface area contributed by atoms with Crippen molar-refractivity contribution in [3.05, 3.63) is 192 Å². The summed E-state index contributed by atoms with van der Waals surface area (Å²) < 4.78 is 120. The number of benzene rings is 6. The van der Waals surface area contributed by atoms with Crippen LogP contribution in [0, 0.1) is 0 Å². The molecule has 0 aliphatic heterocycles. The molecule has 9 aromatic rings. The fraction of sp³-hybridized carbons (Fsp3) is 0.273. The van der Waals surface area contributed by atoms with E-state index in [1.165, 1.54) is 65.4 Å². The van der Waals surface area contributed by atoms with Crippen LogP contribution in [0.2, 0.25) is 0 Å². The van der Waals surface area contributed by atoms with Crippen LogP contribution < -0.4 is 49.0 Å². The van der Waals surface area contributed by atoms with Crippen LogP contribution in [0.4, 0.5) is 73.6 Å². The standard InChI is InChI=1S/2C22H22F3N3O2S.C13H12O2S.C9H12F3N3O/c1-4-28-18(22(23,24)25)12-16(26)19(21(28)30)27(3)20(29)15-10-13-8-6-7-9-14(13)11-17(15)31-5-2;1-4-28-18(22(23,24)25)12-16(19(26-3)21(28)30)27-20(29)15-10-13-8-6-7-9-14(13)11-17(15)31-5-2;1-2-16-12-8-10-6-4-3-5-9(10)7-11(12)13(14)15;1-3-15-6(9(10,11)12)4-5(13)7(14-2)8(15)16/h6-12H,4-5,26H2,1-3H3;6-12,26H,4-5H2,1-3H3,(H,27,29);3-8H,2H2,1H3,(H,14,15);4,14H,3,13H2,1-2H3. The van der Waals surface area contributed by atoms with Crippen molar-refractivity contribution in [1.82, 2.24) is 13.7 Å². The van der Waals surface area contributed by atoms with Crippen LogP contribution in [0.3, 0.4) is 0 Å². The predicted octanol–water partition coefficient (Wildman–Crippen LogP) is 15.6. The zero-order valence-corrected chi connectivity index (χ0v) is 54.8. The van der Waals surface area contributed by atoms with E-state index in [2.05, 4.69) is 16.0 Å².